The Hall–Kier alpha value is -1.77. The lowest BCUT2D eigenvalue weighted by molar-refractivity contribution is -0.122. The molecule has 2 aromatic rings. The normalized spacial score (nSPS) is 21.3. The maximum Gasteiger partial charge on any atom is 0.223 e. The molecule has 2 aliphatic rings. The van der Waals surface area contributed by atoms with Gasteiger partial charge < -0.3 is 9.88 Å². The number of hydrogen-bond donors (Lipinski definition) is 1. The van der Waals surface area contributed by atoms with Crippen molar-refractivity contribution in [2.24, 2.45) is 13.0 Å². The molecule has 21 heavy (non-hydrogen) atoms. The van der Waals surface area contributed by atoms with E-state index in [-0.39, 0.29) is 5.91 Å². The minimum Gasteiger partial charge on any atom is -0.355 e. The first-order valence-corrected chi connectivity index (χ1v) is 8.09. The minimum absolute atomic E-state index is 0.266. The zero-order valence-electron chi connectivity index (χ0n) is 12.6. The fraction of sp³-hybridized carbons (Fsp3) is 0.500. The zero-order valence-corrected chi connectivity index (χ0v) is 12.6. The second kappa shape index (κ2) is 4.90. The molecule has 1 heterocycles. The molecule has 1 aromatic carbocycles. The molecular weight excluding hydrogens is 260 g/mol. The quantitative estimate of drug-likeness (QED) is 0.922. The van der Waals surface area contributed by atoms with Crippen molar-refractivity contribution in [2.45, 2.75) is 38.0 Å². The molecule has 0 aliphatic heterocycles. The number of aromatic nitrogens is 1. The highest BCUT2D eigenvalue weighted by Gasteiger charge is 2.31. The van der Waals surface area contributed by atoms with Crippen LogP contribution in [0.25, 0.3) is 10.9 Å². The highest BCUT2D eigenvalue weighted by molar-refractivity contribution is 5.86. The number of nitrogens with zero attached hydrogens (tertiary/aromatic N) is 1. The molecule has 0 spiro atoms. The van der Waals surface area contributed by atoms with E-state index in [2.05, 4.69) is 41.2 Å². The van der Waals surface area contributed by atoms with Crippen molar-refractivity contribution in [2.75, 3.05) is 6.54 Å². The van der Waals surface area contributed by atoms with Crippen LogP contribution in [0.1, 0.15) is 42.9 Å². The van der Waals surface area contributed by atoms with Gasteiger partial charge in [-0.05, 0) is 43.7 Å². The van der Waals surface area contributed by atoms with Crippen molar-refractivity contribution in [1.29, 1.82) is 0 Å². The van der Waals surface area contributed by atoms with Gasteiger partial charge in [0.15, 0.2) is 0 Å². The number of fused-ring (bicyclic) bond motifs is 3. The minimum atomic E-state index is 0.266. The molecule has 1 unspecified atom stereocenters. The lowest BCUT2D eigenvalue weighted by Gasteiger charge is -2.24. The van der Waals surface area contributed by atoms with Gasteiger partial charge in [-0.2, -0.15) is 0 Å². The van der Waals surface area contributed by atoms with Crippen LogP contribution in [0.15, 0.2) is 24.3 Å². The first-order chi connectivity index (χ1) is 10.3. The third kappa shape index (κ3) is 2.15. The Balaban J connectivity index is 1.66. The smallest absolute Gasteiger partial charge is 0.223 e. The lowest BCUT2D eigenvalue weighted by atomic mass is 9.85. The van der Waals surface area contributed by atoms with Gasteiger partial charge in [-0.3, -0.25) is 4.79 Å². The van der Waals surface area contributed by atoms with E-state index in [0.717, 1.165) is 25.8 Å². The van der Waals surface area contributed by atoms with Gasteiger partial charge in [0.1, 0.15) is 0 Å². The average Bonchev–Trinajstić information content (AvgIpc) is 3.32. The van der Waals surface area contributed by atoms with E-state index >= 15 is 0 Å². The van der Waals surface area contributed by atoms with Crippen molar-refractivity contribution in [3.05, 3.63) is 35.5 Å². The number of nitrogens with one attached hydrogen (secondary N) is 1. The fourth-order valence-electron chi connectivity index (χ4n) is 3.81. The first kappa shape index (κ1) is 12.9. The molecule has 1 aromatic heterocycles. The van der Waals surface area contributed by atoms with Gasteiger partial charge in [0, 0.05) is 42.0 Å². The predicted octanol–water partition coefficient (Wildman–Crippen LogP) is 3.12. The molecule has 1 saturated carbocycles. The molecule has 1 atom stereocenters. The molecule has 110 valence electrons. The number of benzene rings is 1. The van der Waals surface area contributed by atoms with Gasteiger partial charge in [0.25, 0.3) is 0 Å². The van der Waals surface area contributed by atoms with E-state index < -0.39 is 0 Å². The maximum absolute atomic E-state index is 11.9. The van der Waals surface area contributed by atoms with E-state index in [9.17, 15) is 4.79 Å². The molecule has 2 aliphatic carbocycles. The Morgan fingerprint density at radius 3 is 2.90 bits per heavy atom. The number of aryl methyl sites for hydroxylation is 1. The Bertz CT molecular complexity index is 697. The summed E-state index contributed by atoms with van der Waals surface area (Å²) in [5.74, 6) is 1.05. The summed E-state index contributed by atoms with van der Waals surface area (Å²) in [5.41, 5.74) is 4.27. The lowest BCUT2D eigenvalue weighted by Crippen LogP contribution is -2.30. The topological polar surface area (TPSA) is 34.0 Å². The van der Waals surface area contributed by atoms with Gasteiger partial charge in [0.2, 0.25) is 5.91 Å². The number of para-hydroxylation sites is 1. The van der Waals surface area contributed by atoms with Crippen molar-refractivity contribution in [1.82, 2.24) is 9.88 Å². The molecule has 0 saturated heterocycles. The molecule has 3 nitrogen and oxygen atoms in total. The zero-order chi connectivity index (χ0) is 14.4. The highest BCUT2D eigenvalue weighted by Crippen LogP contribution is 2.38. The third-order valence-corrected chi connectivity index (χ3v) is 5.12. The summed E-state index contributed by atoms with van der Waals surface area (Å²) in [4.78, 5) is 11.9. The number of carbonyl (C=O) groups excluding carboxylic acids is 1. The highest BCUT2D eigenvalue weighted by atomic mass is 16.2. The van der Waals surface area contributed by atoms with Crippen molar-refractivity contribution < 1.29 is 4.79 Å². The second-order valence-electron chi connectivity index (χ2n) is 6.55. The summed E-state index contributed by atoms with van der Waals surface area (Å²) in [5, 5.41) is 4.56. The van der Waals surface area contributed by atoms with Crippen LogP contribution >= 0.6 is 0 Å². The SMILES string of the molecule is Cn1c2c(c3ccccc31)C(CNC(=O)C1CC1)CCC2. The Labute approximate surface area is 125 Å². The molecule has 1 N–H and O–H groups in total. The molecule has 4 rings (SSSR count). The predicted molar refractivity (Wildman–Crippen MR) is 84.3 cm³/mol. The second-order valence-corrected chi connectivity index (χ2v) is 6.55. The Kier molecular flexibility index (Phi) is 3.02. The average molecular weight is 282 g/mol. The van der Waals surface area contributed by atoms with Crippen molar-refractivity contribution in [3.63, 3.8) is 0 Å². The van der Waals surface area contributed by atoms with Crippen LogP contribution in [-0.2, 0) is 18.3 Å². The summed E-state index contributed by atoms with van der Waals surface area (Å²) in [6, 6.07) is 8.66. The van der Waals surface area contributed by atoms with Crippen molar-refractivity contribution in [3.8, 4) is 0 Å². The van der Waals surface area contributed by atoms with Crippen LogP contribution in [0.5, 0.6) is 0 Å². The van der Waals surface area contributed by atoms with Crippen LogP contribution < -0.4 is 5.32 Å². The third-order valence-electron chi connectivity index (χ3n) is 5.12. The van der Waals surface area contributed by atoms with E-state index in [0.29, 0.717) is 11.8 Å². The number of carbonyl (C=O) groups is 1. The largest absolute Gasteiger partial charge is 0.355 e. The molecule has 1 fully saturated rings. The van der Waals surface area contributed by atoms with Crippen molar-refractivity contribution >= 4 is 16.8 Å². The molecule has 0 radical (unpaired) electrons. The van der Waals surface area contributed by atoms with Crippen LogP contribution in [0.3, 0.4) is 0 Å². The number of rotatable bonds is 3. The fourth-order valence-corrected chi connectivity index (χ4v) is 3.81. The van der Waals surface area contributed by atoms with E-state index in [4.69, 9.17) is 0 Å². The number of amides is 1. The summed E-state index contributed by atoms with van der Waals surface area (Å²) < 4.78 is 2.35. The first-order valence-electron chi connectivity index (χ1n) is 8.09. The molecular formula is C18H22N2O. The van der Waals surface area contributed by atoms with Gasteiger partial charge in [0.05, 0.1) is 0 Å². The summed E-state index contributed by atoms with van der Waals surface area (Å²) in [6.45, 7) is 0.802. The molecule has 3 heteroatoms. The molecule has 1 amide bonds. The summed E-state index contributed by atoms with van der Waals surface area (Å²) >= 11 is 0. The van der Waals surface area contributed by atoms with Crippen LogP contribution in [0.2, 0.25) is 0 Å². The van der Waals surface area contributed by atoms with Gasteiger partial charge in [-0.15, -0.1) is 0 Å². The Morgan fingerprint density at radius 1 is 1.29 bits per heavy atom. The van der Waals surface area contributed by atoms with Gasteiger partial charge >= 0.3 is 0 Å². The summed E-state index contributed by atoms with van der Waals surface area (Å²) in [7, 11) is 2.17. The van der Waals surface area contributed by atoms with Crippen LogP contribution in [-0.4, -0.2) is 17.0 Å². The summed E-state index contributed by atoms with van der Waals surface area (Å²) in [6.07, 6.45) is 5.73. The maximum atomic E-state index is 11.9. The van der Waals surface area contributed by atoms with E-state index in [1.54, 1.807) is 0 Å². The van der Waals surface area contributed by atoms with Crippen LogP contribution in [0.4, 0.5) is 0 Å². The monoisotopic (exact) mass is 282 g/mol. The Morgan fingerprint density at radius 2 is 2.10 bits per heavy atom. The van der Waals surface area contributed by atoms with Crippen LogP contribution in [0, 0.1) is 5.92 Å². The van der Waals surface area contributed by atoms with Gasteiger partial charge in [-0.1, -0.05) is 18.2 Å². The van der Waals surface area contributed by atoms with Gasteiger partial charge in [-0.25, -0.2) is 0 Å². The standard InChI is InChI=1S/C18H22N2O/c1-20-15-7-3-2-6-14(15)17-13(5-4-8-16(17)20)11-19-18(21)12-9-10-12/h2-3,6-7,12-13H,4-5,8-11H2,1H3,(H,19,21). The number of hydrogen-bond acceptors (Lipinski definition) is 1. The van der Waals surface area contributed by atoms with E-state index in [1.807, 2.05) is 0 Å². The molecule has 0 bridgehead atoms. The van der Waals surface area contributed by atoms with E-state index in [1.165, 1.54) is 35.0 Å².